The van der Waals surface area contributed by atoms with Gasteiger partial charge in [-0.1, -0.05) is 23.2 Å². The average Bonchev–Trinajstić information content (AvgIpc) is 2.67. The second-order valence-corrected chi connectivity index (χ2v) is 9.40. The van der Waals surface area contributed by atoms with E-state index in [2.05, 4.69) is 4.74 Å². The molecule has 0 aliphatic carbocycles. The Morgan fingerprint density at radius 2 is 1.76 bits per heavy atom. The molecule has 7 nitrogen and oxygen atoms in total. The number of carbonyl (C=O) groups excluding carboxylic acids is 1. The van der Waals surface area contributed by atoms with Gasteiger partial charge < -0.3 is 9.47 Å². The van der Waals surface area contributed by atoms with Crippen molar-refractivity contribution in [2.24, 2.45) is 0 Å². The SMILES string of the molecule is O=C(NS(=O)(=O)N1CC(F)(F)C1)c1cc(Cl)c(COc2ccc(Cl)c(OC(F)(F)F)c2)cc1F. The molecule has 1 amide bonds. The van der Waals surface area contributed by atoms with E-state index >= 15 is 0 Å². The highest BCUT2D eigenvalue weighted by atomic mass is 35.5. The molecule has 34 heavy (non-hydrogen) atoms. The van der Waals surface area contributed by atoms with Gasteiger partial charge in [-0.15, -0.1) is 13.2 Å². The van der Waals surface area contributed by atoms with Crippen molar-refractivity contribution in [1.29, 1.82) is 0 Å². The fraction of sp³-hybridized carbons (Fsp3) is 0.278. The summed E-state index contributed by atoms with van der Waals surface area (Å²) in [6, 6.07) is 4.64. The highest BCUT2D eigenvalue weighted by molar-refractivity contribution is 7.87. The van der Waals surface area contributed by atoms with Crippen molar-refractivity contribution in [3.63, 3.8) is 0 Å². The van der Waals surface area contributed by atoms with E-state index in [0.717, 1.165) is 24.3 Å². The van der Waals surface area contributed by atoms with E-state index in [1.807, 2.05) is 0 Å². The zero-order valence-corrected chi connectivity index (χ0v) is 18.8. The number of ether oxygens (including phenoxy) is 2. The second kappa shape index (κ2) is 9.32. The Hall–Kier alpha value is -2.42. The lowest BCUT2D eigenvalue weighted by Gasteiger charge is -2.37. The minimum absolute atomic E-state index is 0.0470. The van der Waals surface area contributed by atoms with Crippen LogP contribution < -0.4 is 14.2 Å². The third-order valence-corrected chi connectivity index (χ3v) is 6.33. The van der Waals surface area contributed by atoms with Gasteiger partial charge in [0, 0.05) is 16.7 Å². The number of hydrogen-bond donors (Lipinski definition) is 1. The number of halogens is 8. The Morgan fingerprint density at radius 1 is 1.12 bits per heavy atom. The number of hydrogen-bond acceptors (Lipinski definition) is 5. The first-order valence-electron chi connectivity index (χ1n) is 8.92. The molecule has 1 heterocycles. The van der Waals surface area contributed by atoms with Gasteiger partial charge >= 0.3 is 16.6 Å². The number of amides is 1. The molecule has 1 saturated heterocycles. The zero-order valence-electron chi connectivity index (χ0n) is 16.4. The number of benzene rings is 2. The first-order chi connectivity index (χ1) is 15.6. The Balaban J connectivity index is 1.70. The summed E-state index contributed by atoms with van der Waals surface area (Å²) in [7, 11) is -4.63. The number of rotatable bonds is 7. The van der Waals surface area contributed by atoms with E-state index in [-0.39, 0.29) is 21.4 Å². The summed E-state index contributed by atoms with van der Waals surface area (Å²) in [5.74, 6) is -6.77. The molecule has 16 heteroatoms. The van der Waals surface area contributed by atoms with Gasteiger partial charge in [0.1, 0.15) is 18.2 Å². The van der Waals surface area contributed by atoms with Gasteiger partial charge in [0.25, 0.3) is 11.8 Å². The molecule has 1 aliphatic heterocycles. The van der Waals surface area contributed by atoms with Gasteiger partial charge in [0.05, 0.1) is 23.7 Å². The summed E-state index contributed by atoms with van der Waals surface area (Å²) in [5.41, 5.74) is -0.842. The van der Waals surface area contributed by atoms with Gasteiger partial charge in [-0.3, -0.25) is 4.79 Å². The van der Waals surface area contributed by atoms with Crippen LogP contribution >= 0.6 is 23.2 Å². The van der Waals surface area contributed by atoms with Crippen LogP contribution in [0, 0.1) is 5.82 Å². The van der Waals surface area contributed by atoms with Crippen LogP contribution in [0.2, 0.25) is 10.0 Å². The molecular weight excluding hydrogens is 541 g/mol. The molecule has 0 saturated carbocycles. The molecule has 0 bridgehead atoms. The largest absolute Gasteiger partial charge is 0.573 e. The van der Waals surface area contributed by atoms with Gasteiger partial charge in [-0.25, -0.2) is 17.9 Å². The Bertz CT molecular complexity index is 1220. The van der Waals surface area contributed by atoms with Crippen LogP contribution in [0.4, 0.5) is 26.3 Å². The third kappa shape index (κ3) is 6.37. The molecule has 0 radical (unpaired) electrons. The fourth-order valence-electron chi connectivity index (χ4n) is 2.69. The molecule has 186 valence electrons. The van der Waals surface area contributed by atoms with Crippen molar-refractivity contribution in [3.05, 3.63) is 57.3 Å². The summed E-state index contributed by atoms with van der Waals surface area (Å²) in [4.78, 5) is 12.2. The smallest absolute Gasteiger partial charge is 0.489 e. The third-order valence-electron chi connectivity index (χ3n) is 4.28. The molecule has 1 N–H and O–H groups in total. The molecule has 0 unspecified atom stereocenters. The summed E-state index contributed by atoms with van der Waals surface area (Å²) < 4.78 is 112. The second-order valence-electron chi connectivity index (χ2n) is 6.91. The monoisotopic (exact) mass is 552 g/mol. The van der Waals surface area contributed by atoms with Crippen LogP contribution in [0.15, 0.2) is 30.3 Å². The van der Waals surface area contributed by atoms with Gasteiger partial charge in [0.15, 0.2) is 5.75 Å². The molecule has 0 aromatic heterocycles. The van der Waals surface area contributed by atoms with Crippen LogP contribution in [-0.4, -0.2) is 44.0 Å². The molecule has 1 fully saturated rings. The number of alkyl halides is 5. The molecule has 0 atom stereocenters. The summed E-state index contributed by atoms with van der Waals surface area (Å²) in [6.07, 6.45) is -5.00. The topological polar surface area (TPSA) is 84.9 Å². The van der Waals surface area contributed by atoms with Crippen molar-refractivity contribution < 1.29 is 49.0 Å². The van der Waals surface area contributed by atoms with Crippen molar-refractivity contribution in [2.75, 3.05) is 13.1 Å². The van der Waals surface area contributed by atoms with E-state index in [1.165, 1.54) is 10.8 Å². The average molecular weight is 553 g/mol. The van der Waals surface area contributed by atoms with Gasteiger partial charge in [0.2, 0.25) is 0 Å². The molecule has 3 rings (SSSR count). The quantitative estimate of drug-likeness (QED) is 0.510. The number of nitrogens with zero attached hydrogens (tertiary/aromatic N) is 1. The predicted octanol–water partition coefficient (Wildman–Crippen LogP) is 4.54. The van der Waals surface area contributed by atoms with E-state index in [1.54, 1.807) is 0 Å². The highest BCUT2D eigenvalue weighted by Gasteiger charge is 2.50. The van der Waals surface area contributed by atoms with Crippen molar-refractivity contribution in [1.82, 2.24) is 9.03 Å². The first kappa shape index (κ1) is 26.2. The van der Waals surface area contributed by atoms with Crippen LogP contribution in [0.5, 0.6) is 11.5 Å². The standard InChI is InChI=1S/C18H12Cl2F6N2O5S/c19-12-2-1-10(4-15(12)33-18(24,25)26)32-6-9-3-14(21)11(5-13(9)20)16(29)27-34(30,31)28-7-17(22,23)8-28/h1-5H,6-8H2,(H,27,29). The lowest BCUT2D eigenvalue weighted by Crippen LogP contribution is -2.61. The van der Waals surface area contributed by atoms with Crippen molar-refractivity contribution in [3.8, 4) is 11.5 Å². The lowest BCUT2D eigenvalue weighted by atomic mass is 10.1. The van der Waals surface area contributed by atoms with Crippen molar-refractivity contribution in [2.45, 2.75) is 18.9 Å². The Morgan fingerprint density at radius 3 is 2.35 bits per heavy atom. The number of nitrogens with one attached hydrogen (secondary N) is 1. The maximum absolute atomic E-state index is 14.4. The molecule has 2 aromatic carbocycles. The summed E-state index contributed by atoms with van der Waals surface area (Å²) in [5, 5.41) is -0.596. The van der Waals surface area contributed by atoms with Crippen LogP contribution in [0.3, 0.4) is 0 Å². The van der Waals surface area contributed by atoms with E-state index in [9.17, 15) is 39.6 Å². The molecule has 2 aromatic rings. The summed E-state index contributed by atoms with van der Waals surface area (Å²) >= 11 is 11.6. The minimum atomic E-state index is -5.00. The minimum Gasteiger partial charge on any atom is -0.489 e. The predicted molar refractivity (Wildman–Crippen MR) is 107 cm³/mol. The Kier molecular flexibility index (Phi) is 7.18. The molecule has 1 aliphatic rings. The first-order valence-corrected chi connectivity index (χ1v) is 11.1. The molecular formula is C18H12Cl2F6N2O5S. The molecule has 0 spiro atoms. The van der Waals surface area contributed by atoms with E-state index in [4.69, 9.17) is 27.9 Å². The number of carbonyl (C=O) groups is 1. The Labute approximate surface area is 198 Å². The maximum atomic E-state index is 14.4. The van der Waals surface area contributed by atoms with Crippen LogP contribution in [-0.2, 0) is 16.8 Å². The van der Waals surface area contributed by atoms with E-state index in [0.29, 0.717) is 4.31 Å². The van der Waals surface area contributed by atoms with E-state index < -0.39 is 65.2 Å². The van der Waals surface area contributed by atoms with Gasteiger partial charge in [-0.05, 0) is 24.3 Å². The van der Waals surface area contributed by atoms with Gasteiger partial charge in [-0.2, -0.15) is 12.7 Å². The van der Waals surface area contributed by atoms with Crippen LogP contribution in [0.1, 0.15) is 15.9 Å². The maximum Gasteiger partial charge on any atom is 0.573 e. The summed E-state index contributed by atoms with van der Waals surface area (Å²) in [6.45, 7) is -2.73. The normalized spacial score (nSPS) is 16.0. The lowest BCUT2D eigenvalue weighted by molar-refractivity contribution is -0.274. The fourth-order valence-corrected chi connectivity index (χ4v) is 4.25. The van der Waals surface area contributed by atoms with Crippen LogP contribution in [0.25, 0.3) is 0 Å². The zero-order chi connectivity index (χ0) is 25.5. The highest BCUT2D eigenvalue weighted by Crippen LogP contribution is 2.34. The van der Waals surface area contributed by atoms with Crippen molar-refractivity contribution >= 4 is 39.3 Å².